The molecule has 0 saturated carbocycles. The van der Waals surface area contributed by atoms with E-state index < -0.39 is 24.0 Å². The van der Waals surface area contributed by atoms with Gasteiger partial charge in [0.15, 0.2) is 0 Å². The Morgan fingerprint density at radius 1 is 1.09 bits per heavy atom. The van der Waals surface area contributed by atoms with Crippen LogP contribution in [-0.2, 0) is 16.0 Å². The zero-order valence-corrected chi connectivity index (χ0v) is 20.4. The molecule has 4 rings (SSSR count). The first-order valence-electron chi connectivity index (χ1n) is 11.4. The summed E-state index contributed by atoms with van der Waals surface area (Å²) in [7, 11) is 0. The van der Waals surface area contributed by atoms with Gasteiger partial charge in [0.1, 0.15) is 12.3 Å². The number of carbonyl (C=O) groups excluding carboxylic acids is 2. The summed E-state index contributed by atoms with van der Waals surface area (Å²) in [6.45, 7) is 3.99. The maximum absolute atomic E-state index is 12.4. The molecule has 1 aromatic heterocycles. The monoisotopic (exact) mass is 493 g/mol. The molecule has 0 aliphatic heterocycles. The van der Waals surface area contributed by atoms with Crippen LogP contribution in [0.25, 0.3) is 11.1 Å². The molecule has 2 aromatic carbocycles. The summed E-state index contributed by atoms with van der Waals surface area (Å²) in [4.78, 5) is 40.6. The average Bonchev–Trinajstić information content (AvgIpc) is 3.34. The second kappa shape index (κ2) is 10.7. The lowest BCUT2D eigenvalue weighted by Gasteiger charge is -2.14. The summed E-state index contributed by atoms with van der Waals surface area (Å²) in [6, 6.07) is 15.8. The highest BCUT2D eigenvalue weighted by atomic mass is 32.1. The van der Waals surface area contributed by atoms with E-state index in [0.717, 1.165) is 16.0 Å². The standard InChI is InChI=1S/C26H27N3O5S/c1-15(13-23(30)31)28-25(32)24-16(2)35-22(29-24)11-12-27-26(33)34-14-21-19-9-5-3-7-17(19)18-8-4-6-10-20(18)21/h3-10,15,21H,11-14H2,1-2H3,(H,27,33)(H,28,32)(H,30,31)/t15-/m0/s1. The van der Waals surface area contributed by atoms with Crippen LogP contribution in [0.2, 0.25) is 0 Å². The van der Waals surface area contributed by atoms with E-state index >= 15 is 0 Å². The molecule has 3 N–H and O–H groups in total. The van der Waals surface area contributed by atoms with E-state index in [1.165, 1.54) is 22.5 Å². The van der Waals surface area contributed by atoms with Crippen LogP contribution in [0.5, 0.6) is 0 Å². The van der Waals surface area contributed by atoms with Crippen LogP contribution in [0.4, 0.5) is 4.79 Å². The first-order chi connectivity index (χ1) is 16.8. The van der Waals surface area contributed by atoms with E-state index in [1.807, 2.05) is 24.3 Å². The van der Waals surface area contributed by atoms with Gasteiger partial charge in [0.05, 0.1) is 11.4 Å². The second-order valence-electron chi connectivity index (χ2n) is 8.49. The zero-order chi connectivity index (χ0) is 24.9. The van der Waals surface area contributed by atoms with E-state index in [-0.39, 0.29) is 24.6 Å². The van der Waals surface area contributed by atoms with Gasteiger partial charge in [-0.25, -0.2) is 9.78 Å². The number of hydrogen-bond acceptors (Lipinski definition) is 6. The summed E-state index contributed by atoms with van der Waals surface area (Å²) in [6.07, 6.45) is -0.208. The molecule has 9 heteroatoms. The molecule has 1 heterocycles. The third-order valence-electron chi connectivity index (χ3n) is 5.87. The first-order valence-corrected chi connectivity index (χ1v) is 12.2. The minimum absolute atomic E-state index is 0.000601. The highest BCUT2D eigenvalue weighted by molar-refractivity contribution is 7.11. The predicted molar refractivity (Wildman–Crippen MR) is 133 cm³/mol. The molecule has 1 atom stereocenters. The number of fused-ring (bicyclic) bond motifs is 3. The second-order valence-corrected chi connectivity index (χ2v) is 9.77. The summed E-state index contributed by atoms with van der Waals surface area (Å²) in [5, 5.41) is 15.0. The summed E-state index contributed by atoms with van der Waals surface area (Å²) < 4.78 is 5.54. The number of amides is 2. The smallest absolute Gasteiger partial charge is 0.407 e. The number of carboxylic acids is 1. The predicted octanol–water partition coefficient (Wildman–Crippen LogP) is 4.13. The van der Waals surface area contributed by atoms with Crippen molar-refractivity contribution < 1.29 is 24.2 Å². The molecule has 35 heavy (non-hydrogen) atoms. The fraction of sp³-hybridized carbons (Fsp3) is 0.308. The normalized spacial score (nSPS) is 13.0. The maximum Gasteiger partial charge on any atom is 0.407 e. The van der Waals surface area contributed by atoms with Crippen LogP contribution in [0.3, 0.4) is 0 Å². The number of hydrogen-bond donors (Lipinski definition) is 3. The topological polar surface area (TPSA) is 118 Å². The van der Waals surface area contributed by atoms with Gasteiger partial charge in [-0.05, 0) is 36.1 Å². The Morgan fingerprint density at radius 3 is 2.34 bits per heavy atom. The molecule has 3 aromatic rings. The lowest BCUT2D eigenvalue weighted by molar-refractivity contribution is -0.137. The number of nitrogens with zero attached hydrogens (tertiary/aromatic N) is 1. The van der Waals surface area contributed by atoms with Gasteiger partial charge in [-0.2, -0.15) is 0 Å². The van der Waals surface area contributed by atoms with Crippen LogP contribution in [0.15, 0.2) is 48.5 Å². The Morgan fingerprint density at radius 2 is 1.71 bits per heavy atom. The van der Waals surface area contributed by atoms with Crippen LogP contribution in [0.1, 0.15) is 50.8 Å². The van der Waals surface area contributed by atoms with E-state index in [2.05, 4.69) is 39.9 Å². The third-order valence-corrected chi connectivity index (χ3v) is 6.90. The van der Waals surface area contributed by atoms with Crippen molar-refractivity contribution in [2.45, 2.75) is 38.6 Å². The molecule has 8 nitrogen and oxygen atoms in total. The number of aliphatic carboxylic acids is 1. The molecule has 0 bridgehead atoms. The summed E-state index contributed by atoms with van der Waals surface area (Å²) in [5.74, 6) is -1.38. The van der Waals surface area contributed by atoms with Crippen LogP contribution >= 0.6 is 11.3 Å². The lowest BCUT2D eigenvalue weighted by atomic mass is 9.98. The fourth-order valence-electron chi connectivity index (χ4n) is 4.29. The highest BCUT2D eigenvalue weighted by Gasteiger charge is 2.29. The van der Waals surface area contributed by atoms with E-state index in [1.54, 1.807) is 13.8 Å². The SMILES string of the molecule is Cc1sc(CCNC(=O)OCC2c3ccccc3-c3ccccc32)nc1C(=O)N[C@@H](C)CC(=O)O. The molecule has 0 unspecified atom stereocenters. The maximum atomic E-state index is 12.4. The van der Waals surface area contributed by atoms with Crippen molar-refractivity contribution in [3.05, 3.63) is 75.2 Å². The molecule has 1 aliphatic rings. The molecular formula is C26H27N3O5S. The Labute approximate surface area is 207 Å². The summed E-state index contributed by atoms with van der Waals surface area (Å²) >= 11 is 1.37. The van der Waals surface area contributed by atoms with Crippen LogP contribution in [-0.4, -0.2) is 47.3 Å². The van der Waals surface area contributed by atoms with E-state index in [0.29, 0.717) is 18.0 Å². The van der Waals surface area contributed by atoms with Crippen LogP contribution in [0, 0.1) is 6.92 Å². The molecule has 1 aliphatic carbocycles. The molecule has 0 saturated heterocycles. The van der Waals surface area contributed by atoms with Crippen molar-refractivity contribution in [2.75, 3.05) is 13.2 Å². The van der Waals surface area contributed by atoms with E-state index in [4.69, 9.17) is 9.84 Å². The molecule has 0 radical (unpaired) electrons. The van der Waals surface area contributed by atoms with Gasteiger partial charge in [0.25, 0.3) is 5.91 Å². The molecule has 2 amide bonds. The molecule has 182 valence electrons. The Bertz CT molecular complexity index is 1210. The zero-order valence-electron chi connectivity index (χ0n) is 19.5. The number of thiazole rings is 1. The first kappa shape index (κ1) is 24.4. The van der Waals surface area contributed by atoms with E-state index in [9.17, 15) is 14.4 Å². The van der Waals surface area contributed by atoms with Crippen molar-refractivity contribution >= 4 is 29.3 Å². The van der Waals surface area contributed by atoms with Crippen molar-refractivity contribution in [1.29, 1.82) is 0 Å². The van der Waals surface area contributed by atoms with Crippen molar-refractivity contribution in [2.24, 2.45) is 0 Å². The number of aryl methyl sites for hydroxylation is 1. The number of benzene rings is 2. The minimum Gasteiger partial charge on any atom is -0.481 e. The van der Waals surface area contributed by atoms with Gasteiger partial charge >= 0.3 is 12.1 Å². The van der Waals surface area contributed by atoms with Gasteiger partial charge in [-0.3, -0.25) is 9.59 Å². The van der Waals surface area contributed by atoms with Gasteiger partial charge < -0.3 is 20.5 Å². The number of nitrogens with one attached hydrogen (secondary N) is 2. The summed E-state index contributed by atoms with van der Waals surface area (Å²) in [5.41, 5.74) is 4.94. The Kier molecular flexibility index (Phi) is 7.45. The van der Waals surface area contributed by atoms with Gasteiger partial charge in [-0.1, -0.05) is 48.5 Å². The Hall–Kier alpha value is -3.72. The largest absolute Gasteiger partial charge is 0.481 e. The van der Waals surface area contributed by atoms with Gasteiger partial charge in [-0.15, -0.1) is 11.3 Å². The Balaban J connectivity index is 1.27. The molecule has 0 spiro atoms. The van der Waals surface area contributed by atoms with Gasteiger partial charge in [0.2, 0.25) is 0 Å². The number of ether oxygens (including phenoxy) is 1. The van der Waals surface area contributed by atoms with Crippen molar-refractivity contribution in [3.8, 4) is 11.1 Å². The van der Waals surface area contributed by atoms with Gasteiger partial charge in [0, 0.05) is 29.8 Å². The number of carbonyl (C=O) groups is 3. The van der Waals surface area contributed by atoms with Crippen molar-refractivity contribution in [3.63, 3.8) is 0 Å². The number of rotatable bonds is 9. The third kappa shape index (κ3) is 5.68. The highest BCUT2D eigenvalue weighted by Crippen LogP contribution is 2.44. The number of alkyl carbamates (subject to hydrolysis) is 1. The quantitative estimate of drug-likeness (QED) is 0.413. The fourth-order valence-corrected chi connectivity index (χ4v) is 5.22. The molecule has 0 fully saturated rings. The number of aromatic nitrogens is 1. The van der Waals surface area contributed by atoms with Crippen LogP contribution < -0.4 is 10.6 Å². The lowest BCUT2D eigenvalue weighted by Crippen LogP contribution is -2.34. The number of carboxylic acid groups (broad SMARTS) is 1. The minimum atomic E-state index is -0.979. The van der Waals surface area contributed by atoms with Crippen molar-refractivity contribution in [1.82, 2.24) is 15.6 Å². The average molecular weight is 494 g/mol. The molecular weight excluding hydrogens is 466 g/mol.